The molecule has 0 atom stereocenters. The van der Waals surface area contributed by atoms with Gasteiger partial charge in [0, 0.05) is 17.8 Å². The number of halogens is 1. The van der Waals surface area contributed by atoms with Crippen LogP contribution < -0.4 is 0 Å². The molecule has 1 N–H and O–H groups in total. The molecular weight excluding hydrogens is 160 g/mol. The molecule has 0 aliphatic rings. The van der Waals surface area contributed by atoms with E-state index >= 15 is 0 Å². The summed E-state index contributed by atoms with van der Waals surface area (Å²) in [6.07, 6.45) is 5.64. The number of aryl methyl sites for hydroxylation is 1. The van der Waals surface area contributed by atoms with E-state index in [1.165, 1.54) is 10.9 Å². The zero-order chi connectivity index (χ0) is 6.97. The Hall–Kier alpha value is -1.02. The van der Waals surface area contributed by atoms with E-state index < -0.39 is 0 Å². The Morgan fingerprint density at radius 2 is 2.18 bits per heavy atom. The normalized spacial score (nSPS) is 9.55. The SMILES string of the molecule is Cc1cncc2[nH]ccc12.Cl. The highest BCUT2D eigenvalue weighted by Crippen LogP contribution is 2.13. The van der Waals surface area contributed by atoms with Crippen LogP contribution in [-0.4, -0.2) is 9.97 Å². The Morgan fingerprint density at radius 3 is 2.91 bits per heavy atom. The molecule has 2 aromatic rings. The third-order valence-electron chi connectivity index (χ3n) is 1.68. The molecule has 0 aromatic carbocycles. The standard InChI is InChI=1S/C8H8N2.ClH/c1-6-4-9-5-8-7(6)2-3-10-8;/h2-5,10H,1H3;1H. The van der Waals surface area contributed by atoms with Gasteiger partial charge in [-0.25, -0.2) is 0 Å². The van der Waals surface area contributed by atoms with Crippen molar-refractivity contribution >= 4 is 23.3 Å². The van der Waals surface area contributed by atoms with Gasteiger partial charge in [-0.15, -0.1) is 12.4 Å². The summed E-state index contributed by atoms with van der Waals surface area (Å²) < 4.78 is 0. The molecule has 0 fully saturated rings. The minimum absolute atomic E-state index is 0. The molecule has 0 saturated heterocycles. The first-order valence-electron chi connectivity index (χ1n) is 3.25. The largest absolute Gasteiger partial charge is 0.360 e. The predicted octanol–water partition coefficient (Wildman–Crippen LogP) is 2.29. The Kier molecular flexibility index (Phi) is 2.15. The van der Waals surface area contributed by atoms with Crippen molar-refractivity contribution < 1.29 is 0 Å². The third-order valence-corrected chi connectivity index (χ3v) is 1.68. The van der Waals surface area contributed by atoms with E-state index in [0.717, 1.165) is 5.52 Å². The van der Waals surface area contributed by atoms with E-state index in [-0.39, 0.29) is 12.4 Å². The van der Waals surface area contributed by atoms with Crippen LogP contribution in [0.25, 0.3) is 10.9 Å². The lowest BCUT2D eigenvalue weighted by molar-refractivity contribution is 1.30. The van der Waals surface area contributed by atoms with Crippen molar-refractivity contribution in [2.24, 2.45) is 0 Å². The van der Waals surface area contributed by atoms with Crippen molar-refractivity contribution in [1.29, 1.82) is 0 Å². The number of fused-ring (bicyclic) bond motifs is 1. The van der Waals surface area contributed by atoms with Gasteiger partial charge in [-0.3, -0.25) is 4.98 Å². The first-order valence-corrected chi connectivity index (χ1v) is 3.25. The summed E-state index contributed by atoms with van der Waals surface area (Å²) >= 11 is 0. The lowest BCUT2D eigenvalue weighted by Gasteiger charge is -1.91. The van der Waals surface area contributed by atoms with Crippen molar-refractivity contribution in [3.8, 4) is 0 Å². The summed E-state index contributed by atoms with van der Waals surface area (Å²) in [5, 5.41) is 1.26. The summed E-state index contributed by atoms with van der Waals surface area (Å²) in [5.41, 5.74) is 2.33. The lowest BCUT2D eigenvalue weighted by atomic mass is 10.2. The maximum atomic E-state index is 4.05. The van der Waals surface area contributed by atoms with E-state index in [1.807, 2.05) is 18.6 Å². The number of nitrogens with one attached hydrogen (secondary N) is 1. The number of aromatic amines is 1. The summed E-state index contributed by atoms with van der Waals surface area (Å²) in [6.45, 7) is 2.06. The van der Waals surface area contributed by atoms with Gasteiger partial charge in [0.15, 0.2) is 0 Å². The van der Waals surface area contributed by atoms with E-state index in [2.05, 4.69) is 23.0 Å². The molecule has 2 rings (SSSR count). The van der Waals surface area contributed by atoms with Gasteiger partial charge < -0.3 is 4.98 Å². The molecule has 0 radical (unpaired) electrons. The number of pyridine rings is 1. The van der Waals surface area contributed by atoms with Crippen LogP contribution in [0.3, 0.4) is 0 Å². The molecule has 0 unspecified atom stereocenters. The van der Waals surface area contributed by atoms with Crippen LogP contribution in [0, 0.1) is 6.92 Å². The average Bonchev–Trinajstić information content (AvgIpc) is 2.36. The van der Waals surface area contributed by atoms with E-state index in [9.17, 15) is 0 Å². The molecule has 0 bridgehead atoms. The number of aromatic nitrogens is 2. The molecule has 0 spiro atoms. The fourth-order valence-corrected chi connectivity index (χ4v) is 1.13. The maximum Gasteiger partial charge on any atom is 0.0643 e. The third kappa shape index (κ3) is 1.21. The van der Waals surface area contributed by atoms with Crippen LogP contribution in [0.15, 0.2) is 24.7 Å². The van der Waals surface area contributed by atoms with E-state index in [1.54, 1.807) is 0 Å². The van der Waals surface area contributed by atoms with Gasteiger partial charge in [-0.2, -0.15) is 0 Å². The average molecular weight is 169 g/mol. The highest BCUT2D eigenvalue weighted by atomic mass is 35.5. The molecule has 0 aliphatic heterocycles. The molecule has 2 heterocycles. The monoisotopic (exact) mass is 168 g/mol. The number of H-pyrrole nitrogens is 1. The van der Waals surface area contributed by atoms with Gasteiger partial charge in [0.2, 0.25) is 0 Å². The summed E-state index contributed by atoms with van der Waals surface area (Å²) in [4.78, 5) is 7.15. The van der Waals surface area contributed by atoms with E-state index in [4.69, 9.17) is 0 Å². The van der Waals surface area contributed by atoms with Gasteiger partial charge >= 0.3 is 0 Å². The molecule has 0 amide bonds. The lowest BCUT2D eigenvalue weighted by Crippen LogP contribution is -1.76. The van der Waals surface area contributed by atoms with Crippen molar-refractivity contribution in [1.82, 2.24) is 9.97 Å². The van der Waals surface area contributed by atoms with Crippen LogP contribution >= 0.6 is 12.4 Å². The second kappa shape index (κ2) is 2.93. The number of hydrogen-bond acceptors (Lipinski definition) is 1. The minimum Gasteiger partial charge on any atom is -0.360 e. The van der Waals surface area contributed by atoms with Crippen LogP contribution in [0.5, 0.6) is 0 Å². The number of rotatable bonds is 0. The predicted molar refractivity (Wildman–Crippen MR) is 48.1 cm³/mol. The van der Waals surface area contributed by atoms with Gasteiger partial charge in [-0.05, 0) is 18.6 Å². The van der Waals surface area contributed by atoms with E-state index in [0.29, 0.717) is 0 Å². The Balaban J connectivity index is 0.000000605. The minimum atomic E-state index is 0. The fourth-order valence-electron chi connectivity index (χ4n) is 1.13. The molecule has 2 aromatic heterocycles. The molecule has 0 aliphatic carbocycles. The van der Waals surface area contributed by atoms with Crippen molar-refractivity contribution in [3.05, 3.63) is 30.2 Å². The fraction of sp³-hybridized carbons (Fsp3) is 0.125. The zero-order valence-corrected chi connectivity index (χ0v) is 6.98. The molecule has 11 heavy (non-hydrogen) atoms. The molecule has 3 heteroatoms. The molecule has 58 valence electrons. The van der Waals surface area contributed by atoms with Crippen LogP contribution in [0.4, 0.5) is 0 Å². The Bertz CT molecular complexity index is 354. The molecule has 0 saturated carbocycles. The van der Waals surface area contributed by atoms with Crippen LogP contribution in [0.2, 0.25) is 0 Å². The van der Waals surface area contributed by atoms with Crippen molar-refractivity contribution in [2.45, 2.75) is 6.92 Å². The molecule has 2 nitrogen and oxygen atoms in total. The second-order valence-electron chi connectivity index (χ2n) is 2.40. The van der Waals surface area contributed by atoms with Crippen LogP contribution in [-0.2, 0) is 0 Å². The van der Waals surface area contributed by atoms with Gasteiger partial charge in [0.05, 0.1) is 11.7 Å². The summed E-state index contributed by atoms with van der Waals surface area (Å²) in [7, 11) is 0. The first-order chi connectivity index (χ1) is 4.88. The maximum absolute atomic E-state index is 4.05. The van der Waals surface area contributed by atoms with Crippen molar-refractivity contribution in [3.63, 3.8) is 0 Å². The van der Waals surface area contributed by atoms with Gasteiger partial charge in [0.25, 0.3) is 0 Å². The summed E-state index contributed by atoms with van der Waals surface area (Å²) in [5.74, 6) is 0. The smallest absolute Gasteiger partial charge is 0.0643 e. The number of hydrogen-bond donors (Lipinski definition) is 1. The first kappa shape index (κ1) is 8.08. The highest BCUT2D eigenvalue weighted by Gasteiger charge is 1.94. The summed E-state index contributed by atoms with van der Waals surface area (Å²) in [6, 6.07) is 2.06. The quantitative estimate of drug-likeness (QED) is 0.643. The van der Waals surface area contributed by atoms with Crippen molar-refractivity contribution in [2.75, 3.05) is 0 Å². The van der Waals surface area contributed by atoms with Gasteiger partial charge in [-0.1, -0.05) is 0 Å². The zero-order valence-electron chi connectivity index (χ0n) is 6.16. The highest BCUT2D eigenvalue weighted by molar-refractivity contribution is 5.85. The topological polar surface area (TPSA) is 28.7 Å². The second-order valence-corrected chi connectivity index (χ2v) is 2.40. The molecular formula is C8H9ClN2. The van der Waals surface area contributed by atoms with Gasteiger partial charge in [0.1, 0.15) is 0 Å². The Labute approximate surface area is 71.1 Å². The number of nitrogens with zero attached hydrogens (tertiary/aromatic N) is 1. The van der Waals surface area contributed by atoms with Crippen LogP contribution in [0.1, 0.15) is 5.56 Å². The Morgan fingerprint density at radius 1 is 1.36 bits per heavy atom.